The van der Waals surface area contributed by atoms with Crippen LogP contribution in [0.15, 0.2) is 35.3 Å². The summed E-state index contributed by atoms with van der Waals surface area (Å²) in [5, 5.41) is 21.1. The number of nitrogens with zero attached hydrogens (tertiary/aromatic N) is 1. The smallest absolute Gasteiger partial charge is 0.475 e. The first-order valence-electron chi connectivity index (χ1n) is 47.8. The van der Waals surface area contributed by atoms with Crippen LogP contribution in [0, 0.1) is 0 Å². The first kappa shape index (κ1) is 116. The predicted octanol–water partition coefficient (Wildman–Crippen LogP) is 24.7. The van der Waals surface area contributed by atoms with Crippen LogP contribution in [0.4, 0.5) is 14.4 Å². The van der Waals surface area contributed by atoms with Crippen molar-refractivity contribution in [2.45, 2.75) is 485 Å². The van der Waals surface area contributed by atoms with E-state index in [-0.39, 0.29) is 68.1 Å². The Morgan fingerprint density at radius 3 is 1.04 bits per heavy atom. The van der Waals surface area contributed by atoms with Crippen LogP contribution in [0.3, 0.4) is 0 Å². The summed E-state index contributed by atoms with van der Waals surface area (Å²) in [5.41, 5.74) is 4.67. The third-order valence-corrected chi connectivity index (χ3v) is 19.8. The molecule has 0 fully saturated rings. The number of aliphatic hydroxyl groups is 2. The fraction of sp³-hybridized carbons (Fsp3) is 0.866. The zero-order valence-corrected chi connectivity index (χ0v) is 78.6. The maximum Gasteiger partial charge on any atom is 0.519 e. The molecule has 0 saturated carbocycles. The Bertz CT molecular complexity index is 2510. The summed E-state index contributed by atoms with van der Waals surface area (Å²) in [6.45, 7) is 31.5. The number of alkyl carbamates (subject to hydrolysis) is 1. The van der Waals surface area contributed by atoms with E-state index in [1.807, 2.05) is 30.3 Å². The van der Waals surface area contributed by atoms with Gasteiger partial charge in [0.15, 0.2) is 0 Å². The van der Waals surface area contributed by atoms with Crippen LogP contribution in [0.1, 0.15) is 437 Å². The van der Waals surface area contributed by atoms with Crippen LogP contribution in [0.5, 0.6) is 0 Å². The number of nitrogens with two attached hydrogens (primary N) is 1. The minimum atomic E-state index is -1.06. The average Bonchev–Trinajstić information content (AvgIpc) is 1.73. The summed E-state index contributed by atoms with van der Waals surface area (Å²) in [6, 6.07) is 9.13. The van der Waals surface area contributed by atoms with E-state index in [0.29, 0.717) is 77.6 Å². The average molecular weight is 1690 g/mol. The van der Waals surface area contributed by atoms with Crippen LogP contribution in [-0.4, -0.2) is 165 Å². The third-order valence-electron chi connectivity index (χ3n) is 19.8. The van der Waals surface area contributed by atoms with Gasteiger partial charge in [-0.2, -0.15) is 0 Å². The van der Waals surface area contributed by atoms with Crippen LogP contribution in [-0.2, 0) is 66.5 Å². The van der Waals surface area contributed by atoms with Gasteiger partial charge in [0, 0.05) is 44.1 Å². The number of amides is 1. The van der Waals surface area contributed by atoms with E-state index in [1.54, 1.807) is 62.3 Å². The molecule has 1 aliphatic heterocycles. The lowest BCUT2D eigenvalue weighted by molar-refractivity contribution is -0.151. The zero-order chi connectivity index (χ0) is 88.7. The molecule has 1 aromatic rings. The molecule has 0 bridgehead atoms. The molecule has 22 heteroatoms. The quantitative estimate of drug-likeness (QED) is 0.0204. The Morgan fingerprint density at radius 1 is 0.412 bits per heavy atom. The van der Waals surface area contributed by atoms with Crippen molar-refractivity contribution < 1.29 is 91.1 Å². The molecule has 0 saturated heterocycles. The van der Waals surface area contributed by atoms with Crippen LogP contribution in [0.2, 0.25) is 0 Å². The van der Waals surface area contributed by atoms with E-state index < -0.39 is 41.2 Å². The molecule has 698 valence electrons. The number of carbonyl (C=O) groups excluding carboxylic acids is 6. The van der Waals surface area contributed by atoms with Crippen molar-refractivity contribution in [3.05, 3.63) is 35.9 Å². The van der Waals surface area contributed by atoms with E-state index in [2.05, 4.69) is 56.6 Å². The number of ether oxygens (including phenoxy) is 11. The lowest BCUT2D eigenvalue weighted by Gasteiger charge is -2.23. The molecule has 22 nitrogen and oxygen atoms in total. The number of benzene rings is 1. The van der Waals surface area contributed by atoms with E-state index in [4.69, 9.17) is 58.2 Å². The zero-order valence-electron chi connectivity index (χ0n) is 78.6. The Balaban J connectivity index is 0. The van der Waals surface area contributed by atoms with E-state index in [0.717, 1.165) is 95.5 Å². The number of hydrogen-bond donors (Lipinski definition) is 4. The predicted molar refractivity (Wildman–Crippen MR) is 483 cm³/mol. The topological polar surface area (TPSA) is 295 Å². The monoisotopic (exact) mass is 1690 g/mol. The normalized spacial score (nSPS) is 13.9. The molecule has 2 rings (SSSR count). The van der Waals surface area contributed by atoms with Crippen molar-refractivity contribution in [1.29, 1.82) is 0 Å². The minimum Gasteiger partial charge on any atom is -0.475 e. The van der Waals surface area contributed by atoms with Gasteiger partial charge < -0.3 is 73.4 Å². The highest BCUT2D eigenvalue weighted by molar-refractivity contribution is 5.95. The van der Waals surface area contributed by atoms with Crippen molar-refractivity contribution in [3.8, 4) is 0 Å². The molecule has 0 aromatic heterocycles. The molecule has 119 heavy (non-hydrogen) atoms. The third kappa shape index (κ3) is 82.3. The Kier molecular flexibility index (Phi) is 77.9. The van der Waals surface area contributed by atoms with Gasteiger partial charge in [0.2, 0.25) is 5.90 Å². The van der Waals surface area contributed by atoms with E-state index >= 15 is 0 Å². The summed E-state index contributed by atoms with van der Waals surface area (Å²) >= 11 is 0. The first-order valence-corrected chi connectivity index (χ1v) is 47.8. The molecule has 1 aromatic carbocycles. The number of nitrogens with one attached hydrogen (secondary N) is 1. The lowest BCUT2D eigenvalue weighted by atomic mass is 10.1. The van der Waals surface area contributed by atoms with Gasteiger partial charge in [-0.05, 0) is 132 Å². The fourth-order valence-corrected chi connectivity index (χ4v) is 13.0. The van der Waals surface area contributed by atoms with Gasteiger partial charge in [0.1, 0.15) is 47.8 Å². The molecule has 0 unspecified atom stereocenters. The summed E-state index contributed by atoms with van der Waals surface area (Å²) in [7, 11) is 0. The van der Waals surface area contributed by atoms with E-state index in [1.165, 1.54) is 205 Å². The van der Waals surface area contributed by atoms with Gasteiger partial charge in [-0.3, -0.25) is 14.4 Å². The fourth-order valence-electron chi connectivity index (χ4n) is 13.0. The standard InChI is InChI=1S/C32H53NO4.C30H59NO6.C25H51NO4.C10H18O5/c1-3-5-7-9-10-11-12-14-19-23-31(34)37-30(22-18-13-8-6-4-2)24-25-35-26-29-27-36-32(33-29)28-20-16-15-17-21-28;1-6-8-10-12-13-14-15-17-19-21-28(33)36-27(20-18-16-11-9-7-2)22-23-35-25-26(24-32)31-29(34)37-30(3,4)5;1-3-5-7-9-10-11-12-14-16-18-25(28)30-24(17-15-13-8-6-4-2)19-20-29-22-23(26)21-27;1-9(2,3)14-7(11)13-8(12)15-10(4,5)6/h15-17,20-21,29-30H,3-14,18-19,22-27H2,1-2H3;26-27,32H,6-25H2,1-5H3,(H,31,34);23-24,27H,3-22,26H2,1-2H3;1-6H3/t29-,30-;26-,27+;23-,24+;/m100./s1. The number of rotatable bonds is 70. The van der Waals surface area contributed by atoms with Crippen molar-refractivity contribution in [3.63, 3.8) is 0 Å². The number of aliphatic imine (C=N–C) groups is 1. The van der Waals surface area contributed by atoms with Gasteiger partial charge in [0.25, 0.3) is 0 Å². The van der Waals surface area contributed by atoms with E-state index in [9.17, 15) is 33.9 Å². The van der Waals surface area contributed by atoms with Crippen LogP contribution >= 0.6 is 0 Å². The number of carbonyl (C=O) groups is 6. The van der Waals surface area contributed by atoms with Crippen LogP contribution < -0.4 is 11.1 Å². The Hall–Kier alpha value is -5.13. The van der Waals surface area contributed by atoms with Gasteiger partial charge in [-0.25, -0.2) is 19.4 Å². The van der Waals surface area contributed by atoms with Gasteiger partial charge in [0.05, 0.1) is 64.9 Å². The maximum absolute atomic E-state index is 12.5. The number of unbranched alkanes of at least 4 members (excludes halogenated alkanes) is 36. The lowest BCUT2D eigenvalue weighted by Crippen LogP contribution is -2.43. The van der Waals surface area contributed by atoms with Gasteiger partial charge >= 0.3 is 36.3 Å². The molecule has 0 spiro atoms. The second-order valence-corrected chi connectivity index (χ2v) is 35.5. The SMILES string of the molecule is CC(C)(C)OC(=O)OC(=O)OC(C)(C)C.CCCCCCCCCCCC(=O)O[C@H](CCCCCCC)CCOC[C@@H](N)CO.CCCCCCCCCCCC(=O)O[C@H](CCCCCCC)CCOC[C@@H]1COC(c2ccccc2)=N1.CCCCCCCCCCCC(=O)O[C@H](CCCCCCC)CCOC[C@H](CO)NC(=O)OC(C)(C)C. The molecule has 1 amide bonds. The van der Waals surface area contributed by atoms with Crippen molar-refractivity contribution >= 4 is 42.2 Å². The van der Waals surface area contributed by atoms with Gasteiger partial charge in [-0.1, -0.05) is 291 Å². The number of esters is 3. The minimum absolute atomic E-state index is 0.0249. The summed E-state index contributed by atoms with van der Waals surface area (Å²) in [4.78, 5) is 75.8. The molecular weight excluding hydrogens is 1510 g/mol. The number of aliphatic hydroxyl groups excluding tert-OH is 2. The second kappa shape index (κ2) is 80.0. The molecular formula is C97H181N3O19. The molecule has 6 atom stereocenters. The molecule has 1 aliphatic rings. The second-order valence-electron chi connectivity index (χ2n) is 35.5. The maximum atomic E-state index is 12.5. The van der Waals surface area contributed by atoms with Gasteiger partial charge in [-0.15, -0.1) is 0 Å². The largest absolute Gasteiger partial charge is 0.519 e. The summed E-state index contributed by atoms with van der Waals surface area (Å²) in [6.07, 6.45) is 54.8. The Labute approximate surface area is 725 Å². The highest BCUT2D eigenvalue weighted by atomic mass is 16.8. The summed E-state index contributed by atoms with van der Waals surface area (Å²) in [5.74, 6) is 0.484. The highest BCUT2D eigenvalue weighted by Gasteiger charge is 2.26. The highest BCUT2D eigenvalue weighted by Crippen LogP contribution is 2.22. The molecule has 5 N–H and O–H groups in total. The molecule has 1 heterocycles. The number of hydrogen-bond acceptors (Lipinski definition) is 21. The molecule has 0 radical (unpaired) electrons. The molecule has 0 aliphatic carbocycles. The first-order chi connectivity index (χ1) is 57.1. The summed E-state index contributed by atoms with van der Waals surface area (Å²) < 4.78 is 59.5. The van der Waals surface area contributed by atoms with Crippen molar-refractivity contribution in [2.24, 2.45) is 10.7 Å². The van der Waals surface area contributed by atoms with Crippen LogP contribution in [0.25, 0.3) is 0 Å². The van der Waals surface area contributed by atoms with Crippen molar-refractivity contribution in [2.75, 3.05) is 59.5 Å². The van der Waals surface area contributed by atoms with Crippen molar-refractivity contribution in [1.82, 2.24) is 5.32 Å². The Morgan fingerprint density at radius 2 is 0.723 bits per heavy atom.